The summed E-state index contributed by atoms with van der Waals surface area (Å²) in [7, 11) is 0. The minimum absolute atomic E-state index is 0.0893. The van der Waals surface area contributed by atoms with Gasteiger partial charge >= 0.3 is 0 Å². The Bertz CT molecular complexity index is 610. The number of fused-ring (bicyclic) bond motifs is 1. The second-order valence-corrected chi connectivity index (χ2v) is 5.62. The molecule has 1 aliphatic rings. The number of aromatic amines is 1. The van der Waals surface area contributed by atoms with Crippen LogP contribution in [0.1, 0.15) is 30.1 Å². The Labute approximate surface area is 118 Å². The first-order valence-corrected chi connectivity index (χ1v) is 7.20. The van der Waals surface area contributed by atoms with E-state index in [9.17, 15) is 9.90 Å². The van der Waals surface area contributed by atoms with Gasteiger partial charge in [0.1, 0.15) is 0 Å². The van der Waals surface area contributed by atoms with Crippen LogP contribution in [0.15, 0.2) is 30.5 Å². The van der Waals surface area contributed by atoms with E-state index in [0.717, 1.165) is 42.4 Å². The second-order valence-electron chi connectivity index (χ2n) is 5.62. The Kier molecular flexibility index (Phi) is 3.49. The average molecular weight is 272 g/mol. The van der Waals surface area contributed by atoms with Crippen molar-refractivity contribution in [2.75, 3.05) is 13.1 Å². The predicted octanol–water partition coefficient (Wildman–Crippen LogP) is 2.40. The van der Waals surface area contributed by atoms with Crippen LogP contribution in [0.4, 0.5) is 0 Å². The number of likely N-dealkylation sites (tertiary alicyclic amines) is 1. The third kappa shape index (κ3) is 2.31. The number of rotatable bonds is 2. The highest BCUT2D eigenvalue weighted by Gasteiger charge is 2.27. The SMILES string of the molecule is CC(O)C1CCN(C(=O)c2c[nH]c3ccccc23)CC1. The van der Waals surface area contributed by atoms with Crippen molar-refractivity contribution < 1.29 is 9.90 Å². The number of benzene rings is 1. The molecule has 1 saturated heterocycles. The monoisotopic (exact) mass is 272 g/mol. The van der Waals surface area contributed by atoms with Crippen LogP contribution in [0.2, 0.25) is 0 Å². The lowest BCUT2D eigenvalue weighted by atomic mass is 9.92. The number of nitrogens with zero attached hydrogens (tertiary/aromatic N) is 1. The molecule has 0 aliphatic carbocycles. The molecule has 1 fully saturated rings. The number of hydrogen-bond donors (Lipinski definition) is 2. The summed E-state index contributed by atoms with van der Waals surface area (Å²) in [6, 6.07) is 7.86. The van der Waals surface area contributed by atoms with Crippen molar-refractivity contribution in [3.05, 3.63) is 36.0 Å². The number of piperidine rings is 1. The third-order valence-corrected chi connectivity index (χ3v) is 4.33. The van der Waals surface area contributed by atoms with Gasteiger partial charge in [0.15, 0.2) is 0 Å². The number of carbonyl (C=O) groups excluding carboxylic acids is 1. The standard InChI is InChI=1S/C16H20N2O2/c1-11(19)12-6-8-18(9-7-12)16(20)14-10-17-15-5-3-2-4-13(14)15/h2-5,10-12,17,19H,6-9H2,1H3. The summed E-state index contributed by atoms with van der Waals surface area (Å²) >= 11 is 0. The summed E-state index contributed by atoms with van der Waals surface area (Å²) in [5.41, 5.74) is 1.74. The summed E-state index contributed by atoms with van der Waals surface area (Å²) < 4.78 is 0. The lowest BCUT2D eigenvalue weighted by Gasteiger charge is -2.33. The maximum Gasteiger partial charge on any atom is 0.256 e. The Morgan fingerprint density at radius 1 is 1.35 bits per heavy atom. The van der Waals surface area contributed by atoms with E-state index in [-0.39, 0.29) is 12.0 Å². The zero-order valence-corrected chi connectivity index (χ0v) is 11.7. The molecule has 4 heteroatoms. The van der Waals surface area contributed by atoms with Gasteiger partial charge in [0.05, 0.1) is 11.7 Å². The fraction of sp³-hybridized carbons (Fsp3) is 0.438. The maximum atomic E-state index is 12.6. The molecule has 1 amide bonds. The van der Waals surface area contributed by atoms with Crippen LogP contribution in [0, 0.1) is 5.92 Å². The van der Waals surface area contributed by atoms with Gasteiger partial charge in [0.2, 0.25) is 0 Å². The average Bonchev–Trinajstić information content (AvgIpc) is 2.90. The molecular formula is C16H20N2O2. The van der Waals surface area contributed by atoms with Gasteiger partial charge in [0.25, 0.3) is 5.91 Å². The molecule has 2 aromatic rings. The highest BCUT2D eigenvalue weighted by atomic mass is 16.3. The molecule has 0 radical (unpaired) electrons. The molecule has 20 heavy (non-hydrogen) atoms. The molecule has 0 saturated carbocycles. The molecule has 106 valence electrons. The first-order valence-electron chi connectivity index (χ1n) is 7.20. The van der Waals surface area contributed by atoms with Gasteiger partial charge in [-0.1, -0.05) is 18.2 Å². The Morgan fingerprint density at radius 3 is 2.75 bits per heavy atom. The number of nitrogens with one attached hydrogen (secondary N) is 1. The van der Waals surface area contributed by atoms with Crippen molar-refractivity contribution in [1.29, 1.82) is 0 Å². The fourth-order valence-corrected chi connectivity index (χ4v) is 3.00. The van der Waals surface area contributed by atoms with E-state index in [2.05, 4.69) is 4.98 Å². The molecule has 0 bridgehead atoms. The van der Waals surface area contributed by atoms with Crippen molar-refractivity contribution in [3.8, 4) is 0 Å². The smallest absolute Gasteiger partial charge is 0.256 e. The molecule has 2 heterocycles. The maximum absolute atomic E-state index is 12.6. The zero-order chi connectivity index (χ0) is 14.1. The molecule has 1 atom stereocenters. The number of amides is 1. The normalized spacial score (nSPS) is 18.4. The number of aliphatic hydroxyl groups is 1. The van der Waals surface area contributed by atoms with Gasteiger partial charge in [-0.15, -0.1) is 0 Å². The minimum atomic E-state index is -0.277. The quantitative estimate of drug-likeness (QED) is 0.882. The van der Waals surface area contributed by atoms with E-state index in [1.165, 1.54) is 0 Å². The van der Waals surface area contributed by atoms with Gasteiger partial charge in [-0.3, -0.25) is 4.79 Å². The summed E-state index contributed by atoms with van der Waals surface area (Å²) in [6.07, 6.45) is 3.28. The van der Waals surface area contributed by atoms with Crippen molar-refractivity contribution in [3.63, 3.8) is 0 Å². The molecule has 2 N–H and O–H groups in total. The first-order chi connectivity index (χ1) is 9.66. The highest BCUT2D eigenvalue weighted by Crippen LogP contribution is 2.24. The van der Waals surface area contributed by atoms with Crippen LogP contribution >= 0.6 is 0 Å². The van der Waals surface area contributed by atoms with Crippen LogP contribution in [0.25, 0.3) is 10.9 Å². The Hall–Kier alpha value is -1.81. The minimum Gasteiger partial charge on any atom is -0.393 e. The number of hydrogen-bond acceptors (Lipinski definition) is 2. The van der Waals surface area contributed by atoms with E-state index in [1.54, 1.807) is 6.20 Å². The van der Waals surface area contributed by atoms with Gasteiger partial charge in [-0.25, -0.2) is 0 Å². The summed E-state index contributed by atoms with van der Waals surface area (Å²) in [5, 5.41) is 10.6. The fourth-order valence-electron chi connectivity index (χ4n) is 3.00. The zero-order valence-electron chi connectivity index (χ0n) is 11.7. The van der Waals surface area contributed by atoms with Crippen molar-refractivity contribution in [1.82, 2.24) is 9.88 Å². The number of H-pyrrole nitrogens is 1. The number of aliphatic hydroxyl groups excluding tert-OH is 1. The molecular weight excluding hydrogens is 252 g/mol. The summed E-state index contributed by atoms with van der Waals surface area (Å²) in [4.78, 5) is 17.6. The molecule has 1 aromatic carbocycles. The van der Waals surface area contributed by atoms with Crippen LogP contribution in [-0.2, 0) is 0 Å². The van der Waals surface area contributed by atoms with Gasteiger partial charge in [-0.05, 0) is 31.7 Å². The molecule has 3 rings (SSSR count). The largest absolute Gasteiger partial charge is 0.393 e. The van der Waals surface area contributed by atoms with Crippen molar-refractivity contribution in [2.24, 2.45) is 5.92 Å². The Balaban J connectivity index is 1.77. The number of aromatic nitrogens is 1. The highest BCUT2D eigenvalue weighted by molar-refractivity contribution is 6.06. The number of carbonyl (C=O) groups is 1. The first kappa shape index (κ1) is 13.2. The van der Waals surface area contributed by atoms with Gasteiger partial charge < -0.3 is 15.0 Å². The van der Waals surface area contributed by atoms with E-state index in [1.807, 2.05) is 36.1 Å². The second kappa shape index (κ2) is 5.29. The number of para-hydroxylation sites is 1. The molecule has 0 spiro atoms. The van der Waals surface area contributed by atoms with E-state index < -0.39 is 0 Å². The molecule has 1 aromatic heterocycles. The topological polar surface area (TPSA) is 56.3 Å². The molecule has 1 aliphatic heterocycles. The lowest BCUT2D eigenvalue weighted by Crippen LogP contribution is -2.40. The van der Waals surface area contributed by atoms with E-state index >= 15 is 0 Å². The van der Waals surface area contributed by atoms with Crippen LogP contribution in [-0.4, -0.2) is 40.1 Å². The Morgan fingerprint density at radius 2 is 2.05 bits per heavy atom. The molecule has 4 nitrogen and oxygen atoms in total. The van der Waals surface area contributed by atoms with Crippen LogP contribution < -0.4 is 0 Å². The van der Waals surface area contributed by atoms with Gasteiger partial charge in [0, 0.05) is 30.2 Å². The third-order valence-electron chi connectivity index (χ3n) is 4.33. The summed E-state index contributed by atoms with van der Waals surface area (Å²) in [6.45, 7) is 3.30. The summed E-state index contributed by atoms with van der Waals surface area (Å²) in [5.74, 6) is 0.411. The van der Waals surface area contributed by atoms with Crippen LogP contribution in [0.5, 0.6) is 0 Å². The molecule has 1 unspecified atom stereocenters. The lowest BCUT2D eigenvalue weighted by molar-refractivity contribution is 0.0523. The van der Waals surface area contributed by atoms with E-state index in [0.29, 0.717) is 5.92 Å². The van der Waals surface area contributed by atoms with Gasteiger partial charge in [-0.2, -0.15) is 0 Å². The van der Waals surface area contributed by atoms with Crippen LogP contribution in [0.3, 0.4) is 0 Å². The van der Waals surface area contributed by atoms with Crippen molar-refractivity contribution >= 4 is 16.8 Å². The van der Waals surface area contributed by atoms with Crippen molar-refractivity contribution in [2.45, 2.75) is 25.9 Å². The predicted molar refractivity (Wildman–Crippen MR) is 78.6 cm³/mol. The van der Waals surface area contributed by atoms with E-state index in [4.69, 9.17) is 0 Å².